The summed E-state index contributed by atoms with van der Waals surface area (Å²) in [5, 5.41) is 6.67. The van der Waals surface area contributed by atoms with E-state index < -0.39 is 0 Å². The fraction of sp³-hybridized carbons (Fsp3) is 0.172. The van der Waals surface area contributed by atoms with Gasteiger partial charge in [-0.05, 0) is 77.4 Å². The van der Waals surface area contributed by atoms with Crippen molar-refractivity contribution in [2.45, 2.75) is 26.8 Å². The van der Waals surface area contributed by atoms with E-state index in [1.54, 1.807) is 31.2 Å². The summed E-state index contributed by atoms with van der Waals surface area (Å²) in [6, 6.07) is 14.6. The van der Waals surface area contributed by atoms with Crippen molar-refractivity contribution >= 4 is 66.7 Å². The van der Waals surface area contributed by atoms with Crippen LogP contribution in [0.4, 0.5) is 0 Å². The topological polar surface area (TPSA) is 74.8 Å². The van der Waals surface area contributed by atoms with Crippen LogP contribution < -0.4 is 0 Å². The Morgan fingerprint density at radius 2 is 0.886 bits per heavy atom. The summed E-state index contributed by atoms with van der Waals surface area (Å²) in [5.41, 5.74) is 2.09. The minimum absolute atomic E-state index is 0.250. The largest absolute Gasteiger partial charge is 0.275 e. The minimum Gasteiger partial charge on any atom is -0.275 e. The zero-order valence-corrected chi connectivity index (χ0v) is 19.4. The van der Waals surface area contributed by atoms with Gasteiger partial charge in [-0.2, -0.15) is 0 Å². The number of rotatable bonds is 2. The third kappa shape index (κ3) is 2.20. The van der Waals surface area contributed by atoms with Crippen molar-refractivity contribution in [2.75, 3.05) is 6.54 Å². The Morgan fingerprint density at radius 1 is 0.543 bits per heavy atom. The summed E-state index contributed by atoms with van der Waals surface area (Å²) in [5.74, 6) is -1.13. The first-order valence-electron chi connectivity index (χ1n) is 11.8. The van der Waals surface area contributed by atoms with Gasteiger partial charge < -0.3 is 0 Å². The molecular formula is C29H20N2O4. The predicted molar refractivity (Wildman–Crippen MR) is 134 cm³/mol. The van der Waals surface area contributed by atoms with Crippen LogP contribution in [0.3, 0.4) is 0 Å². The van der Waals surface area contributed by atoms with Crippen LogP contribution in [-0.4, -0.2) is 46.0 Å². The summed E-state index contributed by atoms with van der Waals surface area (Å²) in [4.78, 5) is 55.5. The number of benzene rings is 5. The van der Waals surface area contributed by atoms with Gasteiger partial charge in [-0.25, -0.2) is 0 Å². The Labute approximate surface area is 200 Å². The Bertz CT molecular complexity index is 1730. The van der Waals surface area contributed by atoms with E-state index in [-0.39, 0.29) is 29.7 Å². The lowest BCUT2D eigenvalue weighted by Gasteiger charge is -2.31. The highest BCUT2D eigenvalue weighted by molar-refractivity contribution is 6.41. The molecule has 7 rings (SSSR count). The van der Waals surface area contributed by atoms with Gasteiger partial charge in [-0.1, -0.05) is 24.3 Å². The number of imide groups is 2. The first kappa shape index (κ1) is 20.1. The maximum atomic E-state index is 13.3. The van der Waals surface area contributed by atoms with Crippen LogP contribution in [0.25, 0.3) is 43.1 Å². The van der Waals surface area contributed by atoms with Gasteiger partial charge in [-0.15, -0.1) is 0 Å². The van der Waals surface area contributed by atoms with E-state index in [1.165, 1.54) is 9.80 Å². The van der Waals surface area contributed by atoms with Crippen molar-refractivity contribution in [2.24, 2.45) is 0 Å². The number of fused-ring (bicyclic) bond motifs is 2. The molecule has 0 N–H and O–H groups in total. The van der Waals surface area contributed by atoms with Gasteiger partial charge in [0, 0.05) is 45.6 Å². The lowest BCUT2D eigenvalue weighted by molar-refractivity contribution is 0.0559. The smallest absolute Gasteiger partial charge is 0.261 e. The SMILES string of the molecule is CCN1C(=O)c2ccc3c4ccc5c6c(ccc(c7ccc(c2c37)C1=O)c64)C(=O)N(C(C)C)C5=O. The molecule has 5 aromatic carbocycles. The molecule has 4 amide bonds. The van der Waals surface area contributed by atoms with Crippen LogP contribution in [-0.2, 0) is 0 Å². The van der Waals surface area contributed by atoms with Crippen molar-refractivity contribution in [3.63, 3.8) is 0 Å². The number of amides is 4. The number of carbonyl (C=O) groups excluding carboxylic acids is 4. The predicted octanol–water partition coefficient (Wildman–Crippen LogP) is 5.36. The second-order valence-corrected chi connectivity index (χ2v) is 9.57. The second-order valence-electron chi connectivity index (χ2n) is 9.57. The molecule has 0 aliphatic carbocycles. The van der Waals surface area contributed by atoms with E-state index in [1.807, 2.05) is 38.1 Å². The second kappa shape index (κ2) is 6.42. The van der Waals surface area contributed by atoms with Crippen LogP contribution in [0.2, 0.25) is 0 Å². The van der Waals surface area contributed by atoms with E-state index >= 15 is 0 Å². The molecule has 35 heavy (non-hydrogen) atoms. The Balaban J connectivity index is 1.68. The molecule has 5 aromatic rings. The molecule has 0 unspecified atom stereocenters. The van der Waals surface area contributed by atoms with Crippen molar-refractivity contribution in [3.05, 3.63) is 70.8 Å². The minimum atomic E-state index is -0.284. The average Bonchev–Trinajstić information content (AvgIpc) is 2.85. The lowest BCUT2D eigenvalue weighted by atomic mass is 9.82. The highest BCUT2D eigenvalue weighted by Gasteiger charge is 2.37. The Hall–Kier alpha value is -4.32. The number of hydrogen-bond donors (Lipinski definition) is 0. The van der Waals surface area contributed by atoms with Crippen LogP contribution in [0.1, 0.15) is 62.2 Å². The molecular weight excluding hydrogens is 440 g/mol. The van der Waals surface area contributed by atoms with Gasteiger partial charge >= 0.3 is 0 Å². The Morgan fingerprint density at radius 3 is 1.20 bits per heavy atom. The maximum absolute atomic E-state index is 13.3. The van der Waals surface area contributed by atoms with Crippen LogP contribution in [0.15, 0.2) is 48.5 Å². The van der Waals surface area contributed by atoms with Gasteiger partial charge in [0.2, 0.25) is 0 Å². The van der Waals surface area contributed by atoms with Crippen molar-refractivity contribution < 1.29 is 19.2 Å². The molecule has 2 aliphatic heterocycles. The van der Waals surface area contributed by atoms with Crippen LogP contribution in [0.5, 0.6) is 0 Å². The Kier molecular flexibility index (Phi) is 3.68. The lowest BCUT2D eigenvalue weighted by Crippen LogP contribution is -2.44. The molecule has 0 aromatic heterocycles. The normalized spacial score (nSPS) is 15.8. The van der Waals surface area contributed by atoms with Gasteiger partial charge in [0.1, 0.15) is 0 Å². The molecule has 2 heterocycles. The zero-order valence-electron chi connectivity index (χ0n) is 19.4. The van der Waals surface area contributed by atoms with Gasteiger partial charge in [-0.3, -0.25) is 29.0 Å². The molecule has 0 bridgehead atoms. The van der Waals surface area contributed by atoms with Gasteiger partial charge in [0.25, 0.3) is 23.6 Å². The molecule has 6 nitrogen and oxygen atoms in total. The molecule has 0 atom stereocenters. The first-order chi connectivity index (χ1) is 16.8. The highest BCUT2D eigenvalue weighted by Crippen LogP contribution is 2.46. The number of hydrogen-bond acceptors (Lipinski definition) is 4. The maximum Gasteiger partial charge on any atom is 0.261 e. The molecule has 0 spiro atoms. The first-order valence-corrected chi connectivity index (χ1v) is 11.8. The molecule has 170 valence electrons. The summed E-state index contributed by atoms with van der Waals surface area (Å²) in [6.07, 6.45) is 0. The molecule has 6 heteroatoms. The summed E-state index contributed by atoms with van der Waals surface area (Å²) in [7, 11) is 0. The van der Waals surface area contributed by atoms with Crippen molar-refractivity contribution in [1.29, 1.82) is 0 Å². The van der Waals surface area contributed by atoms with Crippen LogP contribution in [0, 0.1) is 0 Å². The van der Waals surface area contributed by atoms with Crippen molar-refractivity contribution in [3.8, 4) is 0 Å². The van der Waals surface area contributed by atoms with E-state index in [0.29, 0.717) is 39.6 Å². The number of nitrogens with zero attached hydrogens (tertiary/aromatic N) is 2. The third-order valence-corrected chi connectivity index (χ3v) is 7.58. The number of carbonyl (C=O) groups is 4. The van der Waals surface area contributed by atoms with E-state index in [2.05, 4.69) is 0 Å². The summed E-state index contributed by atoms with van der Waals surface area (Å²) >= 11 is 0. The van der Waals surface area contributed by atoms with Gasteiger partial charge in [0.05, 0.1) is 0 Å². The quantitative estimate of drug-likeness (QED) is 0.202. The molecule has 0 fully saturated rings. The van der Waals surface area contributed by atoms with E-state index in [9.17, 15) is 19.2 Å². The molecule has 2 aliphatic rings. The van der Waals surface area contributed by atoms with Gasteiger partial charge in [0.15, 0.2) is 0 Å². The standard InChI is InChI=1S/C29H20N2O4/c1-4-30-26(32)18-9-5-14-16-7-11-20-25-21(29(35)31(13(2)3)28(20)34)12-8-17(23(16)25)15-6-10-19(27(30)33)24(18)22(14)15/h5-13H,4H2,1-3H3. The van der Waals surface area contributed by atoms with E-state index in [4.69, 9.17) is 0 Å². The summed E-state index contributed by atoms with van der Waals surface area (Å²) < 4.78 is 0. The summed E-state index contributed by atoms with van der Waals surface area (Å²) in [6.45, 7) is 5.78. The van der Waals surface area contributed by atoms with Crippen molar-refractivity contribution in [1.82, 2.24) is 9.80 Å². The molecule has 0 saturated carbocycles. The highest BCUT2D eigenvalue weighted by atomic mass is 16.2. The molecule has 0 radical (unpaired) electrons. The monoisotopic (exact) mass is 460 g/mol. The molecule has 0 saturated heterocycles. The van der Waals surface area contributed by atoms with Crippen LogP contribution >= 0.6 is 0 Å². The van der Waals surface area contributed by atoms with E-state index in [0.717, 1.165) is 32.3 Å². The zero-order chi connectivity index (χ0) is 24.3. The third-order valence-electron chi connectivity index (χ3n) is 7.58. The fourth-order valence-corrected chi connectivity index (χ4v) is 6.09. The fourth-order valence-electron chi connectivity index (χ4n) is 6.09. The average molecular weight is 460 g/mol.